The fourth-order valence-corrected chi connectivity index (χ4v) is 4.68. The van der Waals surface area contributed by atoms with Crippen LogP contribution < -0.4 is 5.32 Å². The summed E-state index contributed by atoms with van der Waals surface area (Å²) in [5.41, 5.74) is 3.86. The molecular formula is C29H32N4O2S. The van der Waals surface area contributed by atoms with Crippen molar-refractivity contribution in [2.45, 2.75) is 33.6 Å². The van der Waals surface area contributed by atoms with Crippen molar-refractivity contribution in [2.75, 3.05) is 18.4 Å². The smallest absolute Gasteiger partial charge is 0.264 e. The molecule has 0 atom stereocenters. The number of carbonyl (C=O) groups excluding carboxylic acids is 2. The number of amides is 2. The molecule has 4 aromatic rings. The van der Waals surface area contributed by atoms with E-state index in [-0.39, 0.29) is 24.3 Å². The monoisotopic (exact) mass is 500 g/mol. The molecule has 0 aliphatic rings. The van der Waals surface area contributed by atoms with Crippen LogP contribution in [0.15, 0.2) is 78.3 Å². The number of hydrogen-bond acceptors (Lipinski definition) is 4. The van der Waals surface area contributed by atoms with Gasteiger partial charge in [-0.2, -0.15) is 0 Å². The first-order valence-corrected chi connectivity index (χ1v) is 13.1. The van der Waals surface area contributed by atoms with Gasteiger partial charge in [-0.05, 0) is 41.0 Å². The quantitative estimate of drug-likeness (QED) is 0.287. The van der Waals surface area contributed by atoms with Crippen molar-refractivity contribution in [1.29, 1.82) is 0 Å². The minimum atomic E-state index is -0.286. The molecule has 1 N–H and O–H groups in total. The molecular weight excluding hydrogens is 468 g/mol. The number of benzene rings is 2. The first kappa shape index (κ1) is 25.4. The Kier molecular flexibility index (Phi) is 8.00. The van der Waals surface area contributed by atoms with Crippen molar-refractivity contribution in [3.63, 3.8) is 0 Å². The number of carbonyl (C=O) groups is 2. The Balaban J connectivity index is 1.62. The number of imidazole rings is 1. The summed E-state index contributed by atoms with van der Waals surface area (Å²) in [6, 6.07) is 21.8. The van der Waals surface area contributed by atoms with Crippen LogP contribution in [0.1, 0.15) is 48.8 Å². The van der Waals surface area contributed by atoms with Crippen molar-refractivity contribution in [2.24, 2.45) is 5.92 Å². The van der Waals surface area contributed by atoms with E-state index in [1.165, 1.54) is 16.9 Å². The molecule has 7 heteroatoms. The van der Waals surface area contributed by atoms with Crippen molar-refractivity contribution >= 4 is 29.1 Å². The minimum Gasteiger partial charge on any atom is -0.328 e. The van der Waals surface area contributed by atoms with Crippen LogP contribution >= 0.6 is 11.3 Å². The summed E-state index contributed by atoms with van der Waals surface area (Å²) in [7, 11) is 0. The second-order valence-electron chi connectivity index (χ2n) is 9.54. The SMILES string of the molecule is CC(C)CN(CC(=O)Nc1nc(-c2ccccc2)cn1-c1ccc(C(C)C)cc1)C(=O)c1cccs1. The molecule has 0 radical (unpaired) electrons. The van der Waals surface area contributed by atoms with Crippen LogP contribution in [0.5, 0.6) is 0 Å². The predicted molar refractivity (Wildman–Crippen MR) is 147 cm³/mol. The average Bonchev–Trinajstić information content (AvgIpc) is 3.54. The van der Waals surface area contributed by atoms with Crippen LogP contribution in [0, 0.1) is 5.92 Å². The van der Waals surface area contributed by atoms with E-state index in [2.05, 4.69) is 31.3 Å². The van der Waals surface area contributed by atoms with Crippen molar-refractivity contribution in [3.05, 3.63) is 88.7 Å². The lowest BCUT2D eigenvalue weighted by Crippen LogP contribution is -2.40. The van der Waals surface area contributed by atoms with E-state index < -0.39 is 0 Å². The zero-order chi connectivity index (χ0) is 25.7. The van der Waals surface area contributed by atoms with E-state index in [9.17, 15) is 9.59 Å². The minimum absolute atomic E-state index is 0.0469. The first-order valence-electron chi connectivity index (χ1n) is 12.2. The number of aromatic nitrogens is 2. The Morgan fingerprint density at radius 2 is 1.69 bits per heavy atom. The standard InChI is InChI=1S/C29H32N4O2S/c1-20(2)17-32(28(35)26-11-8-16-36-26)19-27(34)31-29-30-25(23-9-6-5-7-10-23)18-33(29)24-14-12-22(13-15-24)21(3)4/h5-16,18,20-21H,17,19H2,1-4H3,(H,30,31,34). The number of thiophene rings is 1. The van der Waals surface area contributed by atoms with Gasteiger partial charge in [-0.3, -0.25) is 19.5 Å². The maximum atomic E-state index is 13.2. The molecule has 0 saturated heterocycles. The fraction of sp³-hybridized carbons (Fsp3) is 0.276. The van der Waals surface area contributed by atoms with E-state index in [1.807, 2.05) is 78.5 Å². The van der Waals surface area contributed by atoms with Gasteiger partial charge in [-0.1, -0.05) is 76.2 Å². The molecule has 186 valence electrons. The molecule has 2 aromatic heterocycles. The third-order valence-electron chi connectivity index (χ3n) is 5.80. The van der Waals surface area contributed by atoms with Gasteiger partial charge in [0.15, 0.2) is 0 Å². The third-order valence-corrected chi connectivity index (χ3v) is 6.66. The zero-order valence-corrected chi connectivity index (χ0v) is 22.0. The summed E-state index contributed by atoms with van der Waals surface area (Å²) in [6.07, 6.45) is 1.93. The number of nitrogens with one attached hydrogen (secondary N) is 1. The fourth-order valence-electron chi connectivity index (χ4n) is 3.99. The molecule has 6 nitrogen and oxygen atoms in total. The van der Waals surface area contributed by atoms with Gasteiger partial charge < -0.3 is 4.90 Å². The van der Waals surface area contributed by atoms with E-state index in [0.29, 0.717) is 23.3 Å². The molecule has 2 amide bonds. The largest absolute Gasteiger partial charge is 0.328 e. The van der Waals surface area contributed by atoms with Crippen molar-refractivity contribution in [1.82, 2.24) is 14.5 Å². The molecule has 0 saturated carbocycles. The molecule has 4 rings (SSSR count). The Morgan fingerprint density at radius 1 is 0.972 bits per heavy atom. The van der Waals surface area contributed by atoms with E-state index in [1.54, 1.807) is 11.0 Å². The van der Waals surface area contributed by atoms with Gasteiger partial charge in [0.05, 0.1) is 10.6 Å². The lowest BCUT2D eigenvalue weighted by Gasteiger charge is -2.23. The highest BCUT2D eigenvalue weighted by Gasteiger charge is 2.22. The highest BCUT2D eigenvalue weighted by Crippen LogP contribution is 2.25. The molecule has 0 bridgehead atoms. The Bertz CT molecular complexity index is 1290. The van der Waals surface area contributed by atoms with E-state index in [4.69, 9.17) is 4.98 Å². The highest BCUT2D eigenvalue weighted by atomic mass is 32.1. The van der Waals surface area contributed by atoms with E-state index >= 15 is 0 Å². The maximum Gasteiger partial charge on any atom is 0.264 e. The summed E-state index contributed by atoms with van der Waals surface area (Å²) < 4.78 is 1.89. The number of nitrogens with zero attached hydrogens (tertiary/aromatic N) is 3. The first-order chi connectivity index (χ1) is 17.3. The molecule has 0 aliphatic heterocycles. The van der Waals surface area contributed by atoms with Crippen LogP contribution in [0.3, 0.4) is 0 Å². The Hall–Kier alpha value is -3.71. The van der Waals surface area contributed by atoms with E-state index in [0.717, 1.165) is 16.9 Å². The van der Waals surface area contributed by atoms with Crippen LogP contribution in [-0.2, 0) is 4.79 Å². The summed E-state index contributed by atoms with van der Waals surface area (Å²) >= 11 is 1.38. The summed E-state index contributed by atoms with van der Waals surface area (Å²) in [5.74, 6) is 0.656. The Morgan fingerprint density at radius 3 is 2.31 bits per heavy atom. The maximum absolute atomic E-state index is 13.2. The molecule has 0 fully saturated rings. The van der Waals surface area contributed by atoms with Crippen LogP contribution in [0.4, 0.5) is 5.95 Å². The van der Waals surface area contributed by atoms with Gasteiger partial charge in [0.25, 0.3) is 5.91 Å². The van der Waals surface area contributed by atoms with Gasteiger partial charge in [0.1, 0.15) is 6.54 Å². The normalized spacial score (nSPS) is 11.2. The number of rotatable bonds is 9. The van der Waals surface area contributed by atoms with Crippen LogP contribution in [0.25, 0.3) is 16.9 Å². The average molecular weight is 501 g/mol. The topological polar surface area (TPSA) is 67.2 Å². The Labute approximate surface area is 216 Å². The van der Waals surface area contributed by atoms with Gasteiger partial charge in [-0.15, -0.1) is 11.3 Å². The third kappa shape index (κ3) is 6.10. The van der Waals surface area contributed by atoms with Crippen molar-refractivity contribution in [3.8, 4) is 16.9 Å². The number of hydrogen-bond donors (Lipinski definition) is 1. The molecule has 0 spiro atoms. The zero-order valence-electron chi connectivity index (χ0n) is 21.1. The second-order valence-corrected chi connectivity index (χ2v) is 10.5. The van der Waals surface area contributed by atoms with Crippen LogP contribution in [-0.4, -0.2) is 39.4 Å². The highest BCUT2D eigenvalue weighted by molar-refractivity contribution is 7.12. The molecule has 2 aromatic carbocycles. The molecule has 2 heterocycles. The summed E-state index contributed by atoms with van der Waals surface area (Å²) in [5, 5.41) is 4.83. The molecule has 36 heavy (non-hydrogen) atoms. The number of anilines is 1. The van der Waals surface area contributed by atoms with Gasteiger partial charge in [-0.25, -0.2) is 4.98 Å². The van der Waals surface area contributed by atoms with Gasteiger partial charge in [0, 0.05) is 24.0 Å². The lowest BCUT2D eigenvalue weighted by molar-refractivity contribution is -0.117. The summed E-state index contributed by atoms with van der Waals surface area (Å²) in [4.78, 5) is 33.2. The molecule has 0 aliphatic carbocycles. The summed E-state index contributed by atoms with van der Waals surface area (Å²) in [6.45, 7) is 8.83. The lowest BCUT2D eigenvalue weighted by atomic mass is 10.0. The predicted octanol–water partition coefficient (Wildman–Crippen LogP) is 6.46. The second kappa shape index (κ2) is 11.4. The van der Waals surface area contributed by atoms with Gasteiger partial charge >= 0.3 is 0 Å². The molecule has 0 unspecified atom stereocenters. The van der Waals surface area contributed by atoms with Crippen LogP contribution in [0.2, 0.25) is 0 Å². The van der Waals surface area contributed by atoms with Crippen molar-refractivity contribution < 1.29 is 9.59 Å². The van der Waals surface area contributed by atoms with Gasteiger partial charge in [0.2, 0.25) is 11.9 Å².